The van der Waals surface area contributed by atoms with Crippen LogP contribution in [-0.4, -0.2) is 50.2 Å². The van der Waals surface area contributed by atoms with Gasteiger partial charge in [-0.15, -0.1) is 25.6 Å². The van der Waals surface area contributed by atoms with Crippen molar-refractivity contribution >= 4 is 24.3 Å². The van der Waals surface area contributed by atoms with Crippen molar-refractivity contribution in [3.05, 3.63) is 25.3 Å². The van der Waals surface area contributed by atoms with E-state index in [2.05, 4.69) is 22.6 Å². The Hall–Kier alpha value is -1.33. The van der Waals surface area contributed by atoms with Gasteiger partial charge in [-0.3, -0.25) is 14.5 Å². The molecule has 18 heavy (non-hydrogen) atoms. The third kappa shape index (κ3) is 6.42. The lowest BCUT2D eigenvalue weighted by atomic mass is 10.1. The zero-order valence-corrected chi connectivity index (χ0v) is 11.6. The molecule has 0 bridgehead atoms. The van der Waals surface area contributed by atoms with Gasteiger partial charge in [0.25, 0.3) is 0 Å². The van der Waals surface area contributed by atoms with E-state index in [0.717, 1.165) is 0 Å². The van der Waals surface area contributed by atoms with Gasteiger partial charge in [0, 0.05) is 13.1 Å². The lowest BCUT2D eigenvalue weighted by Crippen LogP contribution is -2.43. The van der Waals surface area contributed by atoms with Gasteiger partial charge in [-0.05, 0) is 0 Å². The summed E-state index contributed by atoms with van der Waals surface area (Å²) in [6.45, 7) is 8.13. The molecule has 5 nitrogen and oxygen atoms in total. The topological polar surface area (TPSA) is 55.8 Å². The summed E-state index contributed by atoms with van der Waals surface area (Å²) >= 11 is 0. The number of nitrogens with zero attached hydrogens (tertiary/aromatic N) is 1. The first-order valence-electron chi connectivity index (χ1n) is 5.21. The molecule has 0 amide bonds. The summed E-state index contributed by atoms with van der Waals surface area (Å²) in [6, 6.07) is -0.677. The van der Waals surface area contributed by atoms with E-state index in [1.54, 1.807) is 17.1 Å². The van der Waals surface area contributed by atoms with Crippen molar-refractivity contribution in [2.75, 3.05) is 27.3 Å². The quantitative estimate of drug-likeness (QED) is 0.493. The fraction of sp³-hybridized carbons (Fsp3) is 0.500. The van der Waals surface area contributed by atoms with E-state index < -0.39 is 18.0 Å². The monoisotopic (exact) mass is 277 g/mol. The average Bonchev–Trinajstić information content (AvgIpc) is 2.34. The number of esters is 2. The van der Waals surface area contributed by atoms with Crippen molar-refractivity contribution in [1.29, 1.82) is 0 Å². The van der Waals surface area contributed by atoms with Crippen molar-refractivity contribution in [3.63, 3.8) is 0 Å². The molecule has 0 unspecified atom stereocenters. The van der Waals surface area contributed by atoms with Gasteiger partial charge < -0.3 is 9.47 Å². The molecule has 0 radical (unpaired) electrons. The predicted octanol–water partition coefficient (Wildman–Crippen LogP) is 1.19. The standard InChI is InChI=1S/C12H19NO4.ClH/c1-5-7-13(8-6-2)10(12(15)17-4)9-11(14)16-3;/h5-6,10H,1-2,7-9H2,3-4H3;1H/t10-;/m0./s1. The van der Waals surface area contributed by atoms with Crippen molar-refractivity contribution in [1.82, 2.24) is 4.90 Å². The summed E-state index contributed by atoms with van der Waals surface area (Å²) in [6.07, 6.45) is 3.25. The largest absolute Gasteiger partial charge is 0.469 e. The lowest BCUT2D eigenvalue weighted by Gasteiger charge is -2.26. The summed E-state index contributed by atoms with van der Waals surface area (Å²) in [4.78, 5) is 24.6. The van der Waals surface area contributed by atoms with Gasteiger partial charge in [0.1, 0.15) is 6.04 Å². The van der Waals surface area contributed by atoms with E-state index in [-0.39, 0.29) is 18.8 Å². The minimum absolute atomic E-state index is 0. The zero-order chi connectivity index (χ0) is 13.3. The number of rotatable bonds is 8. The summed E-state index contributed by atoms with van der Waals surface area (Å²) < 4.78 is 9.23. The van der Waals surface area contributed by atoms with Crippen LogP contribution in [0.15, 0.2) is 25.3 Å². The normalized spacial score (nSPS) is 11.1. The molecule has 0 rings (SSSR count). The highest BCUT2D eigenvalue weighted by Crippen LogP contribution is 2.08. The number of carbonyl (C=O) groups excluding carboxylic acids is 2. The molecular weight excluding hydrogens is 258 g/mol. The van der Waals surface area contributed by atoms with Crippen molar-refractivity contribution < 1.29 is 19.1 Å². The van der Waals surface area contributed by atoms with Gasteiger partial charge in [0.2, 0.25) is 0 Å². The van der Waals surface area contributed by atoms with Crippen LogP contribution < -0.4 is 0 Å². The van der Waals surface area contributed by atoms with Gasteiger partial charge in [0.15, 0.2) is 0 Å². The van der Waals surface area contributed by atoms with E-state index in [0.29, 0.717) is 13.1 Å². The molecule has 0 saturated heterocycles. The number of halogens is 1. The summed E-state index contributed by atoms with van der Waals surface area (Å²) in [5.41, 5.74) is 0. The van der Waals surface area contributed by atoms with Crippen LogP contribution in [-0.2, 0) is 19.1 Å². The van der Waals surface area contributed by atoms with Crippen LogP contribution in [0, 0.1) is 0 Å². The van der Waals surface area contributed by atoms with Crippen molar-refractivity contribution in [3.8, 4) is 0 Å². The van der Waals surface area contributed by atoms with Gasteiger partial charge in [-0.25, -0.2) is 0 Å². The third-order valence-corrected chi connectivity index (χ3v) is 2.23. The number of ether oxygens (including phenoxy) is 2. The second-order valence-corrected chi connectivity index (χ2v) is 3.35. The molecule has 0 aliphatic rings. The van der Waals surface area contributed by atoms with Crippen LogP contribution in [0.5, 0.6) is 0 Å². The highest BCUT2D eigenvalue weighted by Gasteiger charge is 2.28. The molecule has 1 atom stereocenters. The Morgan fingerprint density at radius 2 is 1.67 bits per heavy atom. The molecule has 0 saturated carbocycles. The average molecular weight is 278 g/mol. The second-order valence-electron chi connectivity index (χ2n) is 3.35. The van der Waals surface area contributed by atoms with Gasteiger partial charge in [-0.1, -0.05) is 12.2 Å². The van der Waals surface area contributed by atoms with Gasteiger partial charge in [0.05, 0.1) is 20.6 Å². The van der Waals surface area contributed by atoms with E-state index in [1.807, 2.05) is 0 Å². The maximum absolute atomic E-state index is 11.6. The fourth-order valence-corrected chi connectivity index (χ4v) is 1.40. The Bertz CT molecular complexity index is 284. The number of carbonyl (C=O) groups is 2. The third-order valence-electron chi connectivity index (χ3n) is 2.23. The Morgan fingerprint density at radius 3 is 2.00 bits per heavy atom. The highest BCUT2D eigenvalue weighted by atomic mass is 35.5. The van der Waals surface area contributed by atoms with Crippen LogP contribution in [0.2, 0.25) is 0 Å². The molecule has 0 aliphatic heterocycles. The molecule has 6 heteroatoms. The molecular formula is C12H20ClNO4. The van der Waals surface area contributed by atoms with Crippen molar-refractivity contribution in [2.45, 2.75) is 12.5 Å². The smallest absolute Gasteiger partial charge is 0.323 e. The number of methoxy groups -OCH3 is 2. The molecule has 0 spiro atoms. The zero-order valence-electron chi connectivity index (χ0n) is 10.8. The van der Waals surface area contributed by atoms with Crippen LogP contribution in [0.25, 0.3) is 0 Å². The van der Waals surface area contributed by atoms with E-state index in [9.17, 15) is 9.59 Å². The fourth-order valence-electron chi connectivity index (χ4n) is 1.40. The van der Waals surface area contributed by atoms with Gasteiger partial charge >= 0.3 is 11.9 Å². The molecule has 0 aromatic rings. The van der Waals surface area contributed by atoms with E-state index >= 15 is 0 Å². The summed E-state index contributed by atoms with van der Waals surface area (Å²) in [5, 5.41) is 0. The first-order chi connectivity index (χ1) is 8.10. The molecule has 0 fully saturated rings. The highest BCUT2D eigenvalue weighted by molar-refractivity contribution is 5.85. The SMILES string of the molecule is C=CCN(CC=C)[C@@H](CC(=O)OC)C(=O)OC.Cl. The van der Waals surface area contributed by atoms with Crippen LogP contribution in [0.1, 0.15) is 6.42 Å². The minimum Gasteiger partial charge on any atom is -0.469 e. The Balaban J connectivity index is 0. The lowest BCUT2D eigenvalue weighted by molar-refractivity contribution is -0.153. The Morgan fingerprint density at radius 1 is 1.17 bits per heavy atom. The van der Waals surface area contributed by atoms with Gasteiger partial charge in [-0.2, -0.15) is 0 Å². The van der Waals surface area contributed by atoms with Crippen molar-refractivity contribution in [2.24, 2.45) is 0 Å². The molecule has 0 N–H and O–H groups in total. The summed E-state index contributed by atoms with van der Waals surface area (Å²) in [5.74, 6) is -0.933. The maximum Gasteiger partial charge on any atom is 0.323 e. The van der Waals surface area contributed by atoms with Crippen LogP contribution >= 0.6 is 12.4 Å². The maximum atomic E-state index is 11.6. The first kappa shape index (κ1) is 19.0. The Labute approximate surface area is 114 Å². The van der Waals surface area contributed by atoms with E-state index in [4.69, 9.17) is 0 Å². The minimum atomic E-state index is -0.677. The molecule has 0 heterocycles. The molecule has 0 aromatic carbocycles. The van der Waals surface area contributed by atoms with E-state index in [1.165, 1.54) is 14.2 Å². The molecule has 104 valence electrons. The van der Waals surface area contributed by atoms with Crippen LogP contribution in [0.3, 0.4) is 0 Å². The molecule has 0 aliphatic carbocycles. The summed E-state index contributed by atoms with van der Waals surface area (Å²) in [7, 11) is 2.56. The molecule has 0 aromatic heterocycles. The predicted molar refractivity (Wildman–Crippen MR) is 71.7 cm³/mol. The number of hydrogen-bond acceptors (Lipinski definition) is 5. The Kier molecular flexibility index (Phi) is 11.4. The second kappa shape index (κ2) is 10.8. The number of hydrogen-bond donors (Lipinski definition) is 0. The van der Waals surface area contributed by atoms with Crippen LogP contribution in [0.4, 0.5) is 0 Å². The first-order valence-corrected chi connectivity index (χ1v) is 5.21.